The number of aromatic nitrogens is 2. The molecule has 1 heterocycles. The van der Waals surface area contributed by atoms with Crippen LogP contribution in [-0.2, 0) is 4.79 Å². The van der Waals surface area contributed by atoms with Crippen molar-refractivity contribution in [1.82, 2.24) is 10.2 Å². The monoisotopic (exact) mass is 313 g/mol. The lowest BCUT2D eigenvalue weighted by Crippen LogP contribution is -2.12. The second-order valence-corrected chi connectivity index (χ2v) is 4.89. The maximum atomic E-state index is 10.6. The number of hydrogen-bond donors (Lipinski definition) is 1. The summed E-state index contributed by atoms with van der Waals surface area (Å²) < 4.78 is 6.27. The van der Waals surface area contributed by atoms with Gasteiger partial charge >= 0.3 is 0 Å². The molecule has 0 aliphatic rings. The van der Waals surface area contributed by atoms with Crippen molar-refractivity contribution in [3.63, 3.8) is 0 Å². The molecule has 7 heteroatoms. The topological polar surface area (TPSA) is 82.0 Å². The minimum absolute atomic E-state index is 0.123. The second kappa shape index (κ2) is 5.33. The Kier molecular flexibility index (Phi) is 3.80. The lowest BCUT2D eigenvalue weighted by atomic mass is 10.2. The molecular weight excluding hydrogens is 306 g/mol. The van der Waals surface area contributed by atoms with Gasteiger partial charge < -0.3 is 10.2 Å². The highest BCUT2D eigenvalue weighted by Gasteiger charge is 2.11. The Labute approximate surface area is 110 Å². The van der Waals surface area contributed by atoms with Crippen molar-refractivity contribution in [2.75, 3.05) is 5.75 Å². The number of benzene rings is 1. The molecule has 88 valence electrons. The molecule has 2 N–H and O–H groups in total. The summed E-state index contributed by atoms with van der Waals surface area (Å²) in [7, 11) is 0. The van der Waals surface area contributed by atoms with Crippen LogP contribution in [0.25, 0.3) is 11.5 Å². The van der Waals surface area contributed by atoms with Gasteiger partial charge in [0.15, 0.2) is 0 Å². The summed E-state index contributed by atoms with van der Waals surface area (Å²) in [6, 6.07) is 7.52. The van der Waals surface area contributed by atoms with Gasteiger partial charge in [-0.05, 0) is 28.1 Å². The highest BCUT2D eigenvalue weighted by Crippen LogP contribution is 2.28. The molecule has 0 atom stereocenters. The third kappa shape index (κ3) is 3.07. The number of thioether (sulfide) groups is 1. The standard InChI is InChI=1S/C10H8BrN3O2S/c11-7-4-2-1-3-6(7)9-13-14-10(16-9)17-5-8(12)15/h1-4H,5H2,(H2,12,15). The van der Waals surface area contributed by atoms with Gasteiger partial charge in [0.05, 0.1) is 11.3 Å². The van der Waals surface area contributed by atoms with E-state index in [-0.39, 0.29) is 5.75 Å². The van der Waals surface area contributed by atoms with E-state index in [4.69, 9.17) is 10.2 Å². The van der Waals surface area contributed by atoms with Crippen molar-refractivity contribution in [2.45, 2.75) is 5.22 Å². The van der Waals surface area contributed by atoms with E-state index >= 15 is 0 Å². The van der Waals surface area contributed by atoms with Crippen molar-refractivity contribution < 1.29 is 9.21 Å². The van der Waals surface area contributed by atoms with E-state index in [0.29, 0.717) is 11.1 Å². The summed E-state index contributed by atoms with van der Waals surface area (Å²) in [6.07, 6.45) is 0. The summed E-state index contributed by atoms with van der Waals surface area (Å²) >= 11 is 4.52. The zero-order chi connectivity index (χ0) is 12.3. The van der Waals surface area contributed by atoms with Crippen LogP contribution in [-0.4, -0.2) is 21.9 Å². The molecule has 5 nitrogen and oxygen atoms in total. The highest BCUT2D eigenvalue weighted by atomic mass is 79.9. The molecule has 1 amide bonds. The summed E-state index contributed by atoms with van der Waals surface area (Å²) in [4.78, 5) is 10.6. The number of halogens is 1. The van der Waals surface area contributed by atoms with Crippen molar-refractivity contribution >= 4 is 33.6 Å². The smallest absolute Gasteiger partial charge is 0.277 e. The predicted octanol–water partition coefficient (Wildman–Crippen LogP) is 2.08. The Hall–Kier alpha value is -1.34. The Morgan fingerprint density at radius 1 is 1.41 bits per heavy atom. The zero-order valence-electron chi connectivity index (χ0n) is 8.59. The van der Waals surface area contributed by atoms with E-state index in [1.54, 1.807) is 0 Å². The van der Waals surface area contributed by atoms with Crippen molar-refractivity contribution in [1.29, 1.82) is 0 Å². The van der Waals surface area contributed by atoms with E-state index in [2.05, 4.69) is 26.1 Å². The molecule has 2 rings (SSSR count). The van der Waals surface area contributed by atoms with Crippen LogP contribution in [0.5, 0.6) is 0 Å². The van der Waals surface area contributed by atoms with Gasteiger partial charge in [0.1, 0.15) is 0 Å². The third-order valence-electron chi connectivity index (χ3n) is 1.85. The minimum atomic E-state index is -0.421. The first-order chi connectivity index (χ1) is 8.16. The van der Waals surface area contributed by atoms with Crippen LogP contribution in [0.2, 0.25) is 0 Å². The van der Waals surface area contributed by atoms with Gasteiger partial charge in [0.2, 0.25) is 11.8 Å². The average molecular weight is 314 g/mol. The number of carbonyl (C=O) groups is 1. The summed E-state index contributed by atoms with van der Waals surface area (Å²) in [5, 5.41) is 8.06. The number of amides is 1. The van der Waals surface area contributed by atoms with Crippen LogP contribution < -0.4 is 5.73 Å². The van der Waals surface area contributed by atoms with Gasteiger partial charge in [-0.25, -0.2) is 0 Å². The van der Waals surface area contributed by atoms with Crippen LogP contribution in [0, 0.1) is 0 Å². The molecule has 0 aliphatic heterocycles. The molecule has 0 unspecified atom stereocenters. The molecular formula is C10H8BrN3O2S. The molecule has 1 aromatic carbocycles. The Bertz CT molecular complexity index is 544. The lowest BCUT2D eigenvalue weighted by Gasteiger charge is -1.96. The van der Waals surface area contributed by atoms with Gasteiger partial charge in [-0.15, -0.1) is 10.2 Å². The fourth-order valence-corrected chi connectivity index (χ4v) is 2.10. The fourth-order valence-electron chi connectivity index (χ4n) is 1.14. The zero-order valence-corrected chi connectivity index (χ0v) is 11.0. The van der Waals surface area contributed by atoms with Crippen LogP contribution >= 0.6 is 27.7 Å². The molecule has 0 fully saturated rings. The quantitative estimate of drug-likeness (QED) is 0.874. The van der Waals surface area contributed by atoms with Gasteiger partial charge in [-0.3, -0.25) is 4.79 Å². The number of carbonyl (C=O) groups excluding carboxylic acids is 1. The number of rotatable bonds is 4. The van der Waals surface area contributed by atoms with Crippen molar-refractivity contribution in [3.8, 4) is 11.5 Å². The van der Waals surface area contributed by atoms with E-state index in [1.165, 1.54) is 0 Å². The van der Waals surface area contributed by atoms with E-state index in [9.17, 15) is 4.79 Å². The van der Waals surface area contributed by atoms with E-state index in [0.717, 1.165) is 21.8 Å². The van der Waals surface area contributed by atoms with Crippen LogP contribution in [0.4, 0.5) is 0 Å². The van der Waals surface area contributed by atoms with Crippen LogP contribution in [0.3, 0.4) is 0 Å². The van der Waals surface area contributed by atoms with Gasteiger partial charge in [-0.1, -0.05) is 23.9 Å². The Morgan fingerprint density at radius 3 is 2.88 bits per heavy atom. The number of hydrogen-bond acceptors (Lipinski definition) is 5. The molecule has 0 saturated carbocycles. The Balaban J connectivity index is 2.18. The summed E-state index contributed by atoms with van der Waals surface area (Å²) in [6.45, 7) is 0. The molecule has 0 radical (unpaired) electrons. The van der Waals surface area contributed by atoms with E-state index < -0.39 is 5.91 Å². The number of primary amides is 1. The normalized spacial score (nSPS) is 10.4. The first kappa shape index (κ1) is 12.1. The molecule has 0 saturated heterocycles. The maximum absolute atomic E-state index is 10.6. The third-order valence-corrected chi connectivity index (χ3v) is 3.38. The first-order valence-corrected chi connectivity index (χ1v) is 6.44. The van der Waals surface area contributed by atoms with Gasteiger partial charge in [0.25, 0.3) is 5.22 Å². The number of nitrogens with zero attached hydrogens (tertiary/aromatic N) is 2. The van der Waals surface area contributed by atoms with Crippen LogP contribution in [0.15, 0.2) is 38.4 Å². The fraction of sp³-hybridized carbons (Fsp3) is 0.100. The van der Waals surface area contributed by atoms with Crippen molar-refractivity contribution in [2.24, 2.45) is 5.73 Å². The summed E-state index contributed by atoms with van der Waals surface area (Å²) in [5.74, 6) is 0.109. The SMILES string of the molecule is NC(=O)CSc1nnc(-c2ccccc2Br)o1. The van der Waals surface area contributed by atoms with Gasteiger partial charge in [-0.2, -0.15) is 0 Å². The maximum Gasteiger partial charge on any atom is 0.277 e. The molecule has 17 heavy (non-hydrogen) atoms. The molecule has 0 spiro atoms. The summed E-state index contributed by atoms with van der Waals surface area (Å²) in [5.41, 5.74) is 5.84. The molecule has 0 aliphatic carbocycles. The van der Waals surface area contributed by atoms with Gasteiger partial charge in [0, 0.05) is 4.47 Å². The highest BCUT2D eigenvalue weighted by molar-refractivity contribution is 9.10. The lowest BCUT2D eigenvalue weighted by molar-refractivity contribution is -0.115. The average Bonchev–Trinajstić information content (AvgIpc) is 2.75. The largest absolute Gasteiger partial charge is 0.411 e. The van der Waals surface area contributed by atoms with E-state index in [1.807, 2.05) is 24.3 Å². The Morgan fingerprint density at radius 2 is 2.18 bits per heavy atom. The van der Waals surface area contributed by atoms with Crippen molar-refractivity contribution in [3.05, 3.63) is 28.7 Å². The molecule has 1 aromatic heterocycles. The van der Waals surface area contributed by atoms with Crippen LogP contribution in [0.1, 0.15) is 0 Å². The number of nitrogens with two attached hydrogens (primary N) is 1. The predicted molar refractivity (Wildman–Crippen MR) is 67.4 cm³/mol. The molecule has 0 bridgehead atoms. The second-order valence-electron chi connectivity index (χ2n) is 3.11. The first-order valence-electron chi connectivity index (χ1n) is 4.66. The molecule has 2 aromatic rings. The minimum Gasteiger partial charge on any atom is -0.411 e.